The molecule has 1 heterocycles. The third kappa shape index (κ3) is 4.82. The molecule has 5 nitrogen and oxygen atoms in total. The number of rotatable bonds is 7. The number of ether oxygens (including phenoxy) is 1. The van der Waals surface area contributed by atoms with Gasteiger partial charge in [0.25, 0.3) is 5.91 Å². The Morgan fingerprint density at radius 3 is 2.81 bits per heavy atom. The molecular formula is C21H29N3O2S. The van der Waals surface area contributed by atoms with Crippen molar-refractivity contribution in [2.45, 2.75) is 18.5 Å². The predicted molar refractivity (Wildman–Crippen MR) is 114 cm³/mol. The molecule has 2 atom stereocenters. The minimum absolute atomic E-state index is 0.0405. The number of carbonyl (C=O) groups is 1. The summed E-state index contributed by atoms with van der Waals surface area (Å²) >= 11 is 4.31. The van der Waals surface area contributed by atoms with Crippen LogP contribution in [-0.4, -0.2) is 73.4 Å². The molecule has 6 heteroatoms. The van der Waals surface area contributed by atoms with Crippen LogP contribution < -0.4 is 5.73 Å². The smallest absolute Gasteiger partial charge is 0.254 e. The summed E-state index contributed by atoms with van der Waals surface area (Å²) < 4.78 is 5.29. The highest BCUT2D eigenvalue weighted by Crippen LogP contribution is 2.22. The number of amides is 1. The molecule has 1 fully saturated rings. The van der Waals surface area contributed by atoms with Crippen LogP contribution in [0.15, 0.2) is 42.5 Å². The first-order chi connectivity index (χ1) is 13.1. The molecule has 1 aliphatic rings. The number of nitrogens with zero attached hydrogens (tertiary/aromatic N) is 2. The lowest BCUT2D eigenvalue weighted by molar-refractivity contribution is 0.0384. The number of hydrogen-bond donors (Lipinski definition) is 2. The molecule has 146 valence electrons. The summed E-state index contributed by atoms with van der Waals surface area (Å²) in [6.07, 6.45) is 0.884. The fourth-order valence-corrected chi connectivity index (χ4v) is 3.90. The number of nitrogens with two attached hydrogens (primary N) is 1. The minimum Gasteiger partial charge on any atom is -0.385 e. The molecule has 2 N–H and O–H groups in total. The third-order valence-corrected chi connectivity index (χ3v) is 5.74. The summed E-state index contributed by atoms with van der Waals surface area (Å²) in [7, 11) is 1.71. The van der Waals surface area contributed by atoms with Crippen LogP contribution in [0.25, 0.3) is 10.8 Å². The summed E-state index contributed by atoms with van der Waals surface area (Å²) in [4.78, 5) is 17.6. The van der Waals surface area contributed by atoms with Crippen molar-refractivity contribution in [2.24, 2.45) is 5.73 Å². The zero-order valence-corrected chi connectivity index (χ0v) is 16.8. The lowest BCUT2D eigenvalue weighted by Gasteiger charge is -2.42. The number of benzene rings is 2. The van der Waals surface area contributed by atoms with E-state index in [1.165, 1.54) is 0 Å². The van der Waals surface area contributed by atoms with Crippen molar-refractivity contribution >= 4 is 29.3 Å². The maximum Gasteiger partial charge on any atom is 0.254 e. The lowest BCUT2D eigenvalue weighted by Crippen LogP contribution is -2.57. The highest BCUT2D eigenvalue weighted by molar-refractivity contribution is 7.80. The van der Waals surface area contributed by atoms with E-state index in [9.17, 15) is 4.79 Å². The molecule has 0 radical (unpaired) electrons. The SMILES string of the molecule is COCC[C@H]1CN(C(=O)c2cccc3ccccc23)CCN1CC(N)CS. The van der Waals surface area contributed by atoms with Crippen molar-refractivity contribution < 1.29 is 9.53 Å². The van der Waals surface area contributed by atoms with E-state index in [1.54, 1.807) is 7.11 Å². The monoisotopic (exact) mass is 387 g/mol. The number of piperazine rings is 1. The molecule has 1 aliphatic heterocycles. The molecule has 1 amide bonds. The highest BCUT2D eigenvalue weighted by atomic mass is 32.1. The van der Waals surface area contributed by atoms with Crippen LogP contribution >= 0.6 is 12.6 Å². The molecule has 2 aromatic rings. The average Bonchev–Trinajstić information content (AvgIpc) is 2.71. The fraction of sp³-hybridized carbons (Fsp3) is 0.476. The van der Waals surface area contributed by atoms with Crippen LogP contribution in [0.3, 0.4) is 0 Å². The first-order valence-corrected chi connectivity index (χ1v) is 10.1. The second-order valence-electron chi connectivity index (χ2n) is 7.15. The number of hydrogen-bond acceptors (Lipinski definition) is 5. The summed E-state index contributed by atoms with van der Waals surface area (Å²) in [5.74, 6) is 0.763. The zero-order chi connectivity index (χ0) is 19.2. The number of carbonyl (C=O) groups excluding carboxylic acids is 1. The molecule has 0 spiro atoms. The lowest BCUT2D eigenvalue weighted by atomic mass is 10.0. The van der Waals surface area contributed by atoms with Gasteiger partial charge in [0.1, 0.15) is 0 Å². The van der Waals surface area contributed by atoms with Gasteiger partial charge in [0.2, 0.25) is 0 Å². The number of methoxy groups -OCH3 is 1. The van der Waals surface area contributed by atoms with Gasteiger partial charge in [-0.2, -0.15) is 12.6 Å². The molecule has 1 saturated heterocycles. The van der Waals surface area contributed by atoms with E-state index in [0.717, 1.165) is 35.8 Å². The standard InChI is InChI=1S/C21H29N3O2S/c1-26-12-9-18-14-24(11-10-23(18)13-17(22)15-27)21(25)20-8-4-6-16-5-2-3-7-19(16)20/h2-8,17-18,27H,9-15,22H2,1H3/t17?,18-/m0/s1. The van der Waals surface area contributed by atoms with E-state index in [0.29, 0.717) is 25.4 Å². The van der Waals surface area contributed by atoms with E-state index >= 15 is 0 Å². The summed E-state index contributed by atoms with van der Waals surface area (Å²) in [6.45, 7) is 3.71. The van der Waals surface area contributed by atoms with Gasteiger partial charge in [0, 0.05) is 63.3 Å². The fourth-order valence-electron chi connectivity index (χ4n) is 3.79. The van der Waals surface area contributed by atoms with Gasteiger partial charge in [-0.05, 0) is 23.3 Å². The van der Waals surface area contributed by atoms with Gasteiger partial charge in [-0.25, -0.2) is 0 Å². The summed E-state index contributed by atoms with van der Waals surface area (Å²) in [6, 6.07) is 14.3. The Labute approximate surface area is 166 Å². The molecule has 0 aromatic heterocycles. The normalized spacial score (nSPS) is 19.4. The van der Waals surface area contributed by atoms with Crippen molar-refractivity contribution in [3.63, 3.8) is 0 Å². The first-order valence-electron chi connectivity index (χ1n) is 9.50. The molecule has 0 aliphatic carbocycles. The summed E-state index contributed by atoms with van der Waals surface area (Å²) in [5, 5.41) is 2.11. The predicted octanol–water partition coefficient (Wildman–Crippen LogP) is 2.26. The number of thiol groups is 1. The van der Waals surface area contributed by atoms with E-state index in [2.05, 4.69) is 17.5 Å². The second kappa shape index (κ2) is 9.55. The van der Waals surface area contributed by atoms with Crippen LogP contribution in [0.1, 0.15) is 16.8 Å². The van der Waals surface area contributed by atoms with Crippen LogP contribution in [0, 0.1) is 0 Å². The van der Waals surface area contributed by atoms with E-state index in [-0.39, 0.29) is 18.0 Å². The van der Waals surface area contributed by atoms with Gasteiger partial charge < -0.3 is 15.4 Å². The molecule has 0 saturated carbocycles. The van der Waals surface area contributed by atoms with Crippen molar-refractivity contribution in [1.29, 1.82) is 0 Å². The average molecular weight is 388 g/mol. The van der Waals surface area contributed by atoms with Gasteiger partial charge in [0.15, 0.2) is 0 Å². The highest BCUT2D eigenvalue weighted by Gasteiger charge is 2.30. The molecule has 3 rings (SSSR count). The minimum atomic E-state index is 0.0405. The van der Waals surface area contributed by atoms with Crippen molar-refractivity contribution in [3.8, 4) is 0 Å². The Morgan fingerprint density at radius 1 is 1.26 bits per heavy atom. The molecule has 0 bridgehead atoms. The van der Waals surface area contributed by atoms with Gasteiger partial charge in [0.05, 0.1) is 0 Å². The van der Waals surface area contributed by atoms with Crippen LogP contribution in [-0.2, 0) is 4.74 Å². The zero-order valence-electron chi connectivity index (χ0n) is 15.9. The van der Waals surface area contributed by atoms with E-state index < -0.39 is 0 Å². The molecule has 2 aromatic carbocycles. The molecule has 1 unspecified atom stereocenters. The van der Waals surface area contributed by atoms with Crippen molar-refractivity contribution in [3.05, 3.63) is 48.0 Å². The second-order valence-corrected chi connectivity index (χ2v) is 7.52. The molecule has 27 heavy (non-hydrogen) atoms. The Kier molecular flexibility index (Phi) is 7.13. The van der Waals surface area contributed by atoms with Gasteiger partial charge in [-0.1, -0.05) is 36.4 Å². The molecular weight excluding hydrogens is 358 g/mol. The van der Waals surface area contributed by atoms with Crippen LogP contribution in [0.5, 0.6) is 0 Å². The largest absolute Gasteiger partial charge is 0.385 e. The van der Waals surface area contributed by atoms with E-state index in [4.69, 9.17) is 10.5 Å². The Balaban J connectivity index is 1.77. The Morgan fingerprint density at radius 2 is 2.04 bits per heavy atom. The van der Waals surface area contributed by atoms with E-state index in [1.807, 2.05) is 47.4 Å². The van der Waals surface area contributed by atoms with Gasteiger partial charge >= 0.3 is 0 Å². The maximum absolute atomic E-state index is 13.3. The van der Waals surface area contributed by atoms with Crippen molar-refractivity contribution in [1.82, 2.24) is 9.80 Å². The maximum atomic E-state index is 13.3. The third-order valence-electron chi connectivity index (χ3n) is 5.27. The van der Waals surface area contributed by atoms with Crippen LogP contribution in [0.4, 0.5) is 0 Å². The Bertz CT molecular complexity index is 765. The topological polar surface area (TPSA) is 58.8 Å². The van der Waals surface area contributed by atoms with Gasteiger partial charge in [-0.15, -0.1) is 0 Å². The Hall–Kier alpha value is -1.60. The van der Waals surface area contributed by atoms with Crippen LogP contribution in [0.2, 0.25) is 0 Å². The van der Waals surface area contributed by atoms with Crippen molar-refractivity contribution in [2.75, 3.05) is 45.6 Å². The first kappa shape index (κ1) is 20.1. The van der Waals surface area contributed by atoms with Gasteiger partial charge in [-0.3, -0.25) is 9.69 Å². The quantitative estimate of drug-likeness (QED) is 0.716. The summed E-state index contributed by atoms with van der Waals surface area (Å²) in [5.41, 5.74) is 6.89. The number of fused-ring (bicyclic) bond motifs is 1.